The molecule has 0 spiro atoms. The van der Waals surface area contributed by atoms with Crippen molar-refractivity contribution in [2.24, 2.45) is 0 Å². The summed E-state index contributed by atoms with van der Waals surface area (Å²) in [4.78, 5) is 40.3. The van der Waals surface area contributed by atoms with E-state index in [-0.39, 0.29) is 20.8 Å². The zero-order chi connectivity index (χ0) is 25.2. The number of rotatable bonds is 5. The Bertz CT molecular complexity index is 1440. The molecule has 0 aromatic heterocycles. The molecule has 1 atom stereocenters. The quantitative estimate of drug-likeness (QED) is 0.259. The molecule has 0 bridgehead atoms. The zero-order valence-electron chi connectivity index (χ0n) is 18.5. The van der Waals surface area contributed by atoms with Crippen LogP contribution < -0.4 is 15.0 Å². The predicted molar refractivity (Wildman–Crippen MR) is 144 cm³/mol. The van der Waals surface area contributed by atoms with Crippen LogP contribution in [0.5, 0.6) is 11.5 Å². The largest absolute Gasteiger partial charge is 0.457 e. The second-order valence-electron chi connectivity index (χ2n) is 7.84. The molecule has 3 aromatic rings. The van der Waals surface area contributed by atoms with Gasteiger partial charge in [-0.2, -0.15) is 0 Å². The molecule has 0 saturated carbocycles. The van der Waals surface area contributed by atoms with Crippen molar-refractivity contribution in [2.45, 2.75) is 5.92 Å². The number of nitrogens with zero attached hydrogens (tertiary/aromatic N) is 1. The number of anilines is 1. The molecule has 3 aromatic carbocycles. The lowest BCUT2D eigenvalue weighted by Gasteiger charge is -2.29. The highest BCUT2D eigenvalue weighted by Gasteiger charge is 2.38. The van der Waals surface area contributed by atoms with E-state index < -0.39 is 17.7 Å². The molecule has 6 nitrogen and oxygen atoms in total. The van der Waals surface area contributed by atoms with Crippen molar-refractivity contribution >= 4 is 63.3 Å². The molecule has 5 rings (SSSR count). The van der Waals surface area contributed by atoms with Crippen LogP contribution in [0.15, 0.2) is 107 Å². The average molecular weight is 533 g/mol. The maximum Gasteiger partial charge on any atom is 0.270 e. The van der Waals surface area contributed by atoms with E-state index >= 15 is 0 Å². The summed E-state index contributed by atoms with van der Waals surface area (Å²) in [6.45, 7) is 0. The molecule has 2 aliphatic rings. The molecule has 0 aliphatic carbocycles. The highest BCUT2D eigenvalue weighted by Crippen LogP contribution is 2.46. The number of benzene rings is 3. The van der Waals surface area contributed by atoms with Crippen LogP contribution in [0.4, 0.5) is 5.69 Å². The second-order valence-corrected chi connectivity index (χ2v) is 9.68. The predicted octanol–water partition coefficient (Wildman–Crippen LogP) is 5.66. The highest BCUT2D eigenvalue weighted by atomic mass is 35.5. The topological polar surface area (TPSA) is 75.7 Å². The molecule has 0 radical (unpaired) electrons. The number of nitrogens with one attached hydrogen (secondary N) is 1. The van der Waals surface area contributed by atoms with Gasteiger partial charge in [-0.15, -0.1) is 0 Å². The van der Waals surface area contributed by atoms with Crippen LogP contribution >= 0.6 is 35.6 Å². The van der Waals surface area contributed by atoms with Crippen LogP contribution in [-0.2, 0) is 14.4 Å². The highest BCUT2D eigenvalue weighted by molar-refractivity contribution is 8.17. The summed E-state index contributed by atoms with van der Waals surface area (Å²) in [6.07, 6.45) is 1.35. The number of hydrogen-bond donors (Lipinski definition) is 1. The molecular weight excluding hydrogens is 516 g/mol. The molecule has 1 N–H and O–H groups in total. The normalized spacial score (nSPS) is 19.2. The van der Waals surface area contributed by atoms with Gasteiger partial charge < -0.3 is 4.74 Å². The monoisotopic (exact) mass is 532 g/mol. The lowest BCUT2D eigenvalue weighted by molar-refractivity contribution is -0.122. The van der Waals surface area contributed by atoms with Gasteiger partial charge in [0.05, 0.1) is 11.6 Å². The van der Waals surface area contributed by atoms with Crippen molar-refractivity contribution in [2.75, 3.05) is 4.90 Å². The van der Waals surface area contributed by atoms with Crippen molar-refractivity contribution in [1.82, 2.24) is 5.32 Å². The van der Waals surface area contributed by atoms with E-state index in [0.717, 1.165) is 17.3 Å². The summed E-state index contributed by atoms with van der Waals surface area (Å²) in [5, 5.41) is 2.59. The number of hydrogen-bond acceptors (Lipinski definition) is 6. The van der Waals surface area contributed by atoms with Crippen molar-refractivity contribution in [3.8, 4) is 11.5 Å². The van der Waals surface area contributed by atoms with Crippen molar-refractivity contribution in [1.29, 1.82) is 0 Å². The van der Waals surface area contributed by atoms with E-state index in [2.05, 4.69) is 5.32 Å². The maximum absolute atomic E-state index is 13.4. The van der Waals surface area contributed by atoms with Crippen LogP contribution in [0.2, 0.25) is 0 Å². The van der Waals surface area contributed by atoms with Crippen molar-refractivity contribution in [3.63, 3.8) is 0 Å². The number of thiocarbonyl (C=S) groups is 1. The number of carbonyl (C=O) groups excluding carboxylic acids is 3. The van der Waals surface area contributed by atoms with Crippen LogP contribution in [0.3, 0.4) is 0 Å². The third kappa shape index (κ3) is 4.70. The number of allylic oxidation sites excluding steroid dienone is 2. The number of amides is 2. The summed E-state index contributed by atoms with van der Waals surface area (Å²) >= 11 is 12.7. The summed E-state index contributed by atoms with van der Waals surface area (Å²) in [7, 11) is 0. The summed E-state index contributed by atoms with van der Waals surface area (Å²) < 4.78 is 5.80. The van der Waals surface area contributed by atoms with E-state index in [1.54, 1.807) is 24.3 Å². The summed E-state index contributed by atoms with van der Waals surface area (Å²) in [5.74, 6) is -0.673. The molecule has 2 aliphatic heterocycles. The van der Waals surface area contributed by atoms with E-state index in [1.807, 2.05) is 60.7 Å². The Morgan fingerprint density at radius 2 is 1.50 bits per heavy atom. The maximum atomic E-state index is 13.4. The molecule has 1 unspecified atom stereocenters. The fraction of sp³-hybridized carbons (Fsp3) is 0.0370. The SMILES string of the molecule is O=C1NC(=S)N(c2ccc(Oc3ccccc3)cc2)C(=O)C1=CC1=C(Cl)C(c2ccccc2)C(=O)S1. The van der Waals surface area contributed by atoms with Crippen molar-refractivity contribution < 1.29 is 19.1 Å². The lowest BCUT2D eigenvalue weighted by atomic mass is 9.99. The Morgan fingerprint density at radius 1 is 0.889 bits per heavy atom. The van der Waals surface area contributed by atoms with Crippen LogP contribution in [0.1, 0.15) is 11.5 Å². The summed E-state index contributed by atoms with van der Waals surface area (Å²) in [6, 6.07) is 25.1. The van der Waals surface area contributed by atoms with Gasteiger partial charge in [0.15, 0.2) is 5.11 Å². The molecular formula is C27H17ClN2O4S2. The molecule has 178 valence electrons. The van der Waals surface area contributed by atoms with Crippen LogP contribution in [-0.4, -0.2) is 22.0 Å². The van der Waals surface area contributed by atoms with E-state index in [4.69, 9.17) is 28.6 Å². The molecule has 36 heavy (non-hydrogen) atoms. The Morgan fingerprint density at radius 3 is 2.17 bits per heavy atom. The van der Waals surface area contributed by atoms with Crippen molar-refractivity contribution in [3.05, 3.63) is 112 Å². The smallest absolute Gasteiger partial charge is 0.270 e. The van der Waals surface area contributed by atoms with Gasteiger partial charge in [0, 0.05) is 9.94 Å². The standard InChI is InChI=1S/C27H17ClN2O4S2/c28-23-21(36-26(33)22(23)16-7-3-1-4-8-16)15-20-24(31)29-27(35)30(25(20)32)17-11-13-19(14-12-17)34-18-9-5-2-6-10-18/h1-15,22H,(H,29,31,35). The van der Waals surface area contributed by atoms with Gasteiger partial charge in [-0.25, -0.2) is 0 Å². The van der Waals surface area contributed by atoms with Gasteiger partial charge in [0.25, 0.3) is 11.8 Å². The van der Waals surface area contributed by atoms with Gasteiger partial charge in [0.2, 0.25) is 5.12 Å². The lowest BCUT2D eigenvalue weighted by Crippen LogP contribution is -2.54. The average Bonchev–Trinajstić information content (AvgIpc) is 3.16. The van der Waals surface area contributed by atoms with Crippen LogP contribution in [0, 0.1) is 0 Å². The van der Waals surface area contributed by atoms with Gasteiger partial charge in [0.1, 0.15) is 17.1 Å². The van der Waals surface area contributed by atoms with Gasteiger partial charge in [-0.1, -0.05) is 60.1 Å². The van der Waals surface area contributed by atoms with E-state index in [0.29, 0.717) is 22.1 Å². The molecule has 2 amide bonds. The fourth-order valence-electron chi connectivity index (χ4n) is 3.80. The van der Waals surface area contributed by atoms with E-state index in [1.165, 1.54) is 11.0 Å². The Kier molecular flexibility index (Phi) is 6.73. The van der Waals surface area contributed by atoms with Gasteiger partial charge >= 0.3 is 0 Å². The fourth-order valence-corrected chi connectivity index (χ4v) is 5.52. The number of thioether (sulfide) groups is 1. The molecule has 1 fully saturated rings. The molecule has 2 heterocycles. The minimum Gasteiger partial charge on any atom is -0.457 e. The first-order chi connectivity index (χ1) is 17.4. The number of halogens is 1. The Hall–Kier alpha value is -3.72. The Balaban J connectivity index is 1.42. The number of carbonyl (C=O) groups is 3. The molecule has 9 heteroatoms. The minimum atomic E-state index is -0.654. The first-order valence-corrected chi connectivity index (χ1v) is 12.4. The van der Waals surface area contributed by atoms with E-state index in [9.17, 15) is 14.4 Å². The molecule has 1 saturated heterocycles. The van der Waals surface area contributed by atoms with Gasteiger partial charge in [-0.05, 0) is 72.0 Å². The first-order valence-electron chi connectivity index (χ1n) is 10.8. The zero-order valence-corrected chi connectivity index (χ0v) is 20.9. The summed E-state index contributed by atoms with van der Waals surface area (Å²) in [5.41, 5.74) is 1.03. The first kappa shape index (κ1) is 24.0. The third-order valence-electron chi connectivity index (χ3n) is 5.52. The van der Waals surface area contributed by atoms with Gasteiger partial charge in [-0.3, -0.25) is 24.6 Å². The number of para-hydroxylation sites is 1. The minimum absolute atomic E-state index is 0.0451. The number of ether oxygens (including phenoxy) is 1. The Labute approximate surface area is 221 Å². The second kappa shape index (κ2) is 10.1. The van der Waals surface area contributed by atoms with Crippen LogP contribution in [0.25, 0.3) is 0 Å². The third-order valence-corrected chi connectivity index (χ3v) is 7.33.